The van der Waals surface area contributed by atoms with Crippen LogP contribution in [0, 0.1) is 5.92 Å². The minimum atomic E-state index is -4.67. The molecule has 3 amide bonds. The Bertz CT molecular complexity index is 1880. The minimum Gasteiger partial charge on any atom is -0.493 e. The molecule has 0 bridgehead atoms. The molecule has 3 heterocycles. The molecule has 3 aromatic carbocycles. The van der Waals surface area contributed by atoms with Crippen LogP contribution >= 0.6 is 34.7 Å². The molecule has 2 aliphatic rings. The molecule has 4 aromatic rings. The Kier molecular flexibility index (Phi) is 8.14. The highest BCUT2D eigenvalue weighted by Crippen LogP contribution is 2.54. The molecule has 9 nitrogen and oxygen atoms in total. The molecule has 0 aliphatic carbocycles. The number of thiazole rings is 1. The lowest BCUT2D eigenvalue weighted by Gasteiger charge is -2.30. The number of nitrogens with one attached hydrogen (secondary N) is 2. The number of H-pyrrole nitrogens is 1. The number of hydrogen-bond donors (Lipinski definition) is 2. The number of aromatic nitrogens is 1. The summed E-state index contributed by atoms with van der Waals surface area (Å²) in [7, 11) is 1.39. The molecule has 2 unspecified atom stereocenters. The van der Waals surface area contributed by atoms with Gasteiger partial charge in [0.25, 0.3) is 5.91 Å². The molecule has 0 radical (unpaired) electrons. The number of alkyl halides is 3. The van der Waals surface area contributed by atoms with E-state index in [1.807, 2.05) is 0 Å². The van der Waals surface area contributed by atoms with Crippen molar-refractivity contribution in [3.05, 3.63) is 97.4 Å². The lowest BCUT2D eigenvalue weighted by atomic mass is 9.83. The number of ether oxygens (including phenoxy) is 2. The molecule has 15 heteroatoms. The van der Waals surface area contributed by atoms with Crippen LogP contribution in [0.5, 0.6) is 11.5 Å². The van der Waals surface area contributed by atoms with Gasteiger partial charge in [0.05, 0.1) is 29.3 Å². The Morgan fingerprint density at radius 2 is 1.78 bits per heavy atom. The number of aromatic amines is 1. The number of amides is 3. The number of thioether (sulfide) groups is 1. The summed E-state index contributed by atoms with van der Waals surface area (Å²) in [5.41, 5.74) is -0.158. The van der Waals surface area contributed by atoms with Crippen molar-refractivity contribution in [2.75, 3.05) is 23.9 Å². The van der Waals surface area contributed by atoms with Gasteiger partial charge in [-0.15, -0.1) is 0 Å². The Labute approximate surface area is 266 Å². The number of fused-ring (bicyclic) bond motifs is 2. The van der Waals surface area contributed by atoms with E-state index in [1.165, 1.54) is 13.2 Å². The van der Waals surface area contributed by atoms with Crippen molar-refractivity contribution in [2.24, 2.45) is 5.92 Å². The fourth-order valence-corrected chi connectivity index (χ4v) is 7.96. The van der Waals surface area contributed by atoms with Gasteiger partial charge in [0.1, 0.15) is 5.25 Å². The molecule has 1 aromatic heterocycles. The van der Waals surface area contributed by atoms with Gasteiger partial charge in [-0.05, 0) is 60.2 Å². The van der Waals surface area contributed by atoms with E-state index in [2.05, 4.69) is 10.3 Å². The molecule has 1 saturated heterocycles. The van der Waals surface area contributed by atoms with Gasteiger partial charge in [-0.1, -0.05) is 46.8 Å². The normalized spacial score (nSPS) is 19.2. The summed E-state index contributed by atoms with van der Waals surface area (Å²) in [4.78, 5) is 56.0. The average Bonchev–Trinajstić information content (AvgIpc) is 3.50. The first kappa shape index (κ1) is 30.7. The van der Waals surface area contributed by atoms with Gasteiger partial charge in [-0.3, -0.25) is 19.2 Å². The predicted molar refractivity (Wildman–Crippen MR) is 162 cm³/mol. The third-order valence-electron chi connectivity index (χ3n) is 7.29. The Balaban J connectivity index is 1.30. The molecule has 0 spiro atoms. The smallest absolute Gasteiger partial charge is 0.416 e. The minimum absolute atomic E-state index is 0.191. The predicted octanol–water partition coefficient (Wildman–Crippen LogP) is 5.93. The second-order valence-electron chi connectivity index (χ2n) is 10.1. The first-order chi connectivity index (χ1) is 21.4. The van der Waals surface area contributed by atoms with Crippen LogP contribution in [0.15, 0.2) is 76.6 Å². The number of halogens is 4. The van der Waals surface area contributed by atoms with Crippen LogP contribution in [0.3, 0.4) is 0 Å². The molecule has 1 fully saturated rings. The number of methoxy groups -OCH3 is 1. The van der Waals surface area contributed by atoms with Gasteiger partial charge in [-0.25, -0.2) is 4.90 Å². The molecule has 0 saturated carbocycles. The van der Waals surface area contributed by atoms with E-state index in [4.69, 9.17) is 21.1 Å². The van der Waals surface area contributed by atoms with Gasteiger partial charge >= 0.3 is 11.0 Å². The lowest BCUT2D eigenvalue weighted by molar-refractivity contribution is -0.137. The Morgan fingerprint density at radius 3 is 2.49 bits per heavy atom. The number of nitrogens with zero attached hydrogens (tertiary/aromatic N) is 1. The SMILES string of the molecule is COc1cc([C@H]2c3sc(=O)[nH]c3SC3C(=O)N(c4cccc(C(F)(F)F)c4)C(=O)C32)ccc1OCC(=O)Nc1ccc(Cl)cc1. The van der Waals surface area contributed by atoms with E-state index in [0.717, 1.165) is 46.2 Å². The number of hydrogen-bond acceptors (Lipinski definition) is 8. The summed E-state index contributed by atoms with van der Waals surface area (Å²) in [6.45, 7) is -0.356. The molecule has 3 atom stereocenters. The van der Waals surface area contributed by atoms with Gasteiger partial charge in [0, 0.05) is 21.5 Å². The molecule has 6 rings (SSSR count). The molecule has 2 N–H and O–H groups in total. The van der Waals surface area contributed by atoms with Crippen LogP contribution in [-0.2, 0) is 20.6 Å². The Morgan fingerprint density at radius 1 is 1.02 bits per heavy atom. The summed E-state index contributed by atoms with van der Waals surface area (Å²) in [6.07, 6.45) is -4.67. The number of carbonyl (C=O) groups excluding carboxylic acids is 3. The van der Waals surface area contributed by atoms with Gasteiger partial charge in [0.15, 0.2) is 18.1 Å². The zero-order chi connectivity index (χ0) is 32.0. The van der Waals surface area contributed by atoms with Crippen molar-refractivity contribution in [1.29, 1.82) is 0 Å². The van der Waals surface area contributed by atoms with E-state index < -0.39 is 46.5 Å². The third-order valence-corrected chi connectivity index (χ3v) is 9.94. The van der Waals surface area contributed by atoms with Crippen molar-refractivity contribution in [1.82, 2.24) is 4.98 Å². The van der Waals surface area contributed by atoms with Gasteiger partial charge in [-0.2, -0.15) is 13.2 Å². The highest BCUT2D eigenvalue weighted by Gasteiger charge is 2.56. The van der Waals surface area contributed by atoms with Crippen LogP contribution in [0.25, 0.3) is 0 Å². The number of carbonyl (C=O) groups is 3. The van der Waals surface area contributed by atoms with E-state index in [9.17, 15) is 32.3 Å². The van der Waals surface area contributed by atoms with E-state index in [-0.39, 0.29) is 28.7 Å². The van der Waals surface area contributed by atoms with Crippen LogP contribution in [0.1, 0.15) is 21.9 Å². The summed E-state index contributed by atoms with van der Waals surface area (Å²) < 4.78 is 51.5. The van der Waals surface area contributed by atoms with E-state index in [1.54, 1.807) is 42.5 Å². The Hall–Kier alpha value is -4.27. The topological polar surface area (TPSA) is 118 Å². The van der Waals surface area contributed by atoms with E-state index >= 15 is 0 Å². The molecular weight excluding hydrogens is 655 g/mol. The first-order valence-electron chi connectivity index (χ1n) is 13.3. The van der Waals surface area contributed by atoms with Crippen molar-refractivity contribution in [2.45, 2.75) is 22.4 Å². The highest BCUT2D eigenvalue weighted by atomic mass is 35.5. The van der Waals surface area contributed by atoms with Crippen molar-refractivity contribution >= 4 is 63.8 Å². The second-order valence-corrected chi connectivity index (χ2v) is 12.7. The van der Waals surface area contributed by atoms with Crippen LogP contribution in [0.2, 0.25) is 5.02 Å². The summed E-state index contributed by atoms with van der Waals surface area (Å²) in [6, 6.07) is 15.3. The van der Waals surface area contributed by atoms with Crippen molar-refractivity contribution in [3.8, 4) is 11.5 Å². The van der Waals surface area contributed by atoms with E-state index in [0.29, 0.717) is 26.2 Å². The molecular formula is C30H21ClF3N3O6S2. The maximum Gasteiger partial charge on any atom is 0.416 e. The van der Waals surface area contributed by atoms with Crippen molar-refractivity contribution < 1.29 is 37.0 Å². The summed E-state index contributed by atoms with van der Waals surface area (Å²) in [5.74, 6) is -3.21. The van der Waals surface area contributed by atoms with Crippen LogP contribution in [0.4, 0.5) is 24.5 Å². The highest BCUT2D eigenvalue weighted by molar-refractivity contribution is 8.00. The average molecular weight is 676 g/mol. The standard InChI is InChI=1S/C30H21ClF3N3O6S2/c1-42-20-11-14(5-10-19(20)43-13-21(38)35-17-8-6-16(31)7-9-17)22-23-25(44-26-24(22)45-29(41)36-26)28(40)37(27(23)39)18-4-2-3-15(12-18)30(32,33)34/h2-12,22-23,25H,13H2,1H3,(H,35,38)(H,36,41)/t22-,23?,25?/m1/s1. The fraction of sp³-hybridized carbons (Fsp3) is 0.200. The monoisotopic (exact) mass is 675 g/mol. The zero-order valence-electron chi connectivity index (χ0n) is 23.0. The fourth-order valence-electron chi connectivity index (χ4n) is 5.32. The summed E-state index contributed by atoms with van der Waals surface area (Å²) >= 11 is 7.77. The number of benzene rings is 3. The number of rotatable bonds is 7. The molecule has 45 heavy (non-hydrogen) atoms. The molecule has 232 valence electrons. The second kappa shape index (κ2) is 11.9. The maximum absolute atomic E-state index is 13.9. The van der Waals surface area contributed by atoms with Gasteiger partial charge in [0.2, 0.25) is 11.8 Å². The third kappa shape index (κ3) is 5.92. The summed E-state index contributed by atoms with van der Waals surface area (Å²) in [5, 5.41) is 2.60. The van der Waals surface area contributed by atoms with Crippen LogP contribution < -0.4 is 24.6 Å². The van der Waals surface area contributed by atoms with Crippen molar-refractivity contribution in [3.63, 3.8) is 0 Å². The largest absolute Gasteiger partial charge is 0.493 e. The number of imide groups is 1. The zero-order valence-corrected chi connectivity index (χ0v) is 25.4. The van der Waals surface area contributed by atoms with Crippen LogP contribution in [-0.4, -0.2) is 41.7 Å². The quantitative estimate of drug-likeness (QED) is 0.233. The lowest BCUT2D eigenvalue weighted by Crippen LogP contribution is -2.32. The van der Waals surface area contributed by atoms with Gasteiger partial charge < -0.3 is 19.8 Å². The maximum atomic E-state index is 13.9. The number of anilines is 2. The molecule has 2 aliphatic heterocycles. The first-order valence-corrected chi connectivity index (χ1v) is 15.3.